The molecule has 1 aliphatic heterocycles. The van der Waals surface area contributed by atoms with E-state index in [1.165, 1.54) is 6.92 Å². The van der Waals surface area contributed by atoms with E-state index in [1.54, 1.807) is 37.4 Å². The number of rotatable bonds is 6. The Kier molecular flexibility index (Phi) is 5.75. The number of halogens is 1. The van der Waals surface area contributed by atoms with Gasteiger partial charge in [-0.3, -0.25) is 14.6 Å². The van der Waals surface area contributed by atoms with E-state index in [1.807, 2.05) is 18.2 Å². The molecule has 1 atom stereocenters. The number of carbonyl (C=O) groups excluding carboxylic acids is 1. The van der Waals surface area contributed by atoms with Gasteiger partial charge in [0.05, 0.1) is 40.2 Å². The Hall–Kier alpha value is -3.19. The zero-order chi connectivity index (χ0) is 20.3. The molecule has 2 heterocycles. The molecule has 8 heteroatoms. The second kappa shape index (κ2) is 8.22. The highest BCUT2D eigenvalue weighted by molar-refractivity contribution is 6.37. The zero-order valence-corrected chi connectivity index (χ0v) is 16.1. The third-order valence-corrected chi connectivity index (χ3v) is 4.69. The average Bonchev–Trinajstić information content (AvgIpc) is 3.03. The van der Waals surface area contributed by atoms with Crippen molar-refractivity contribution in [2.75, 3.05) is 5.01 Å². The molecule has 0 fully saturated rings. The number of allylic oxidation sites excluding steroid dienone is 1. The number of aromatic nitrogens is 1. The molecular weight excluding hydrogens is 380 g/mol. The number of nitrogens with zero attached hydrogens (tertiary/aromatic N) is 3. The number of carboxylic acid groups (broad SMARTS) is 1. The highest BCUT2D eigenvalue weighted by Crippen LogP contribution is 2.32. The quantitative estimate of drug-likeness (QED) is 0.728. The van der Waals surface area contributed by atoms with Crippen LogP contribution < -0.4 is 10.3 Å². The summed E-state index contributed by atoms with van der Waals surface area (Å²) < 4.78 is 0. The minimum Gasteiger partial charge on any atom is -0.481 e. The minimum atomic E-state index is -1.07. The number of carbonyl (C=O) groups is 2. The molecule has 0 saturated carbocycles. The number of pyridine rings is 1. The van der Waals surface area contributed by atoms with E-state index in [0.717, 1.165) is 10.7 Å². The number of aliphatic carboxylic acids is 1. The third kappa shape index (κ3) is 3.89. The molecule has 144 valence electrons. The first kappa shape index (κ1) is 19.6. The Labute approximate surface area is 167 Å². The van der Waals surface area contributed by atoms with Crippen LogP contribution in [0.5, 0.6) is 0 Å². The topological polar surface area (TPSA) is 94.9 Å². The van der Waals surface area contributed by atoms with Gasteiger partial charge in [0.15, 0.2) is 0 Å². The van der Waals surface area contributed by atoms with E-state index in [9.17, 15) is 14.7 Å². The van der Waals surface area contributed by atoms with Crippen LogP contribution in [0.4, 0.5) is 5.69 Å². The summed E-state index contributed by atoms with van der Waals surface area (Å²) in [6.07, 6.45) is 1.68. The predicted octanol–water partition coefficient (Wildman–Crippen LogP) is 3.22. The number of hydrogen-bond acceptors (Lipinski definition) is 5. The van der Waals surface area contributed by atoms with E-state index in [2.05, 4.69) is 15.4 Å². The molecule has 1 amide bonds. The van der Waals surface area contributed by atoms with Gasteiger partial charge in [0.25, 0.3) is 5.91 Å². The van der Waals surface area contributed by atoms with E-state index in [0.29, 0.717) is 23.0 Å². The summed E-state index contributed by atoms with van der Waals surface area (Å²) in [5, 5.41) is 18.4. The van der Waals surface area contributed by atoms with Gasteiger partial charge in [-0.2, -0.15) is 10.1 Å². The van der Waals surface area contributed by atoms with Gasteiger partial charge in [-0.05, 0) is 38.1 Å². The fourth-order valence-corrected chi connectivity index (χ4v) is 3.01. The fourth-order valence-electron chi connectivity index (χ4n) is 2.79. The molecule has 7 nitrogen and oxygen atoms in total. The van der Waals surface area contributed by atoms with Crippen LogP contribution in [-0.4, -0.2) is 27.7 Å². The summed E-state index contributed by atoms with van der Waals surface area (Å²) in [6, 6.07) is 12.3. The molecule has 0 radical (unpaired) electrons. The van der Waals surface area contributed by atoms with Crippen LogP contribution in [0.15, 0.2) is 65.0 Å². The highest BCUT2D eigenvalue weighted by atomic mass is 35.5. The first-order chi connectivity index (χ1) is 13.4. The van der Waals surface area contributed by atoms with Gasteiger partial charge in [0, 0.05) is 11.9 Å². The van der Waals surface area contributed by atoms with Gasteiger partial charge >= 0.3 is 5.97 Å². The number of hydrogen-bond donors (Lipinski definition) is 2. The molecule has 3 rings (SSSR count). The number of hydrazone groups is 1. The van der Waals surface area contributed by atoms with Crippen molar-refractivity contribution in [3.8, 4) is 0 Å². The number of amides is 1. The fraction of sp³-hybridized carbons (Fsp3) is 0.200. The third-order valence-electron chi connectivity index (χ3n) is 4.37. The lowest BCUT2D eigenvalue weighted by Crippen LogP contribution is -2.28. The van der Waals surface area contributed by atoms with Crippen molar-refractivity contribution in [3.05, 3.63) is 70.6 Å². The highest BCUT2D eigenvalue weighted by Gasteiger charge is 2.38. The number of para-hydroxylation sites is 1. The van der Waals surface area contributed by atoms with Gasteiger partial charge in [0.2, 0.25) is 0 Å². The van der Waals surface area contributed by atoms with Crippen LogP contribution in [0.2, 0.25) is 5.02 Å². The normalized spacial score (nSPS) is 16.6. The van der Waals surface area contributed by atoms with Crippen molar-refractivity contribution in [1.82, 2.24) is 10.3 Å². The molecule has 0 aliphatic carbocycles. The molecule has 1 aromatic carbocycles. The Morgan fingerprint density at radius 1 is 1.25 bits per heavy atom. The van der Waals surface area contributed by atoms with Crippen LogP contribution in [0.3, 0.4) is 0 Å². The molecule has 1 unspecified atom stereocenters. The van der Waals surface area contributed by atoms with Gasteiger partial charge in [-0.25, -0.2) is 0 Å². The second-order valence-corrected chi connectivity index (χ2v) is 6.70. The van der Waals surface area contributed by atoms with E-state index in [-0.39, 0.29) is 11.3 Å². The zero-order valence-electron chi connectivity index (χ0n) is 15.4. The van der Waals surface area contributed by atoms with Crippen molar-refractivity contribution in [2.45, 2.75) is 20.4 Å². The maximum Gasteiger partial charge on any atom is 0.312 e. The summed E-state index contributed by atoms with van der Waals surface area (Å²) in [5.41, 5.74) is 2.13. The SMILES string of the molecule is CC(NCc1ccccn1)=C1C(=O)N(c2ccccc2Cl)N=C1C(C)C(=O)O. The summed E-state index contributed by atoms with van der Waals surface area (Å²) in [7, 11) is 0. The molecular formula is C20H19ClN4O3. The molecule has 0 bridgehead atoms. The number of benzene rings is 1. The van der Waals surface area contributed by atoms with Crippen LogP contribution in [-0.2, 0) is 16.1 Å². The largest absolute Gasteiger partial charge is 0.481 e. The van der Waals surface area contributed by atoms with E-state index < -0.39 is 17.8 Å². The predicted molar refractivity (Wildman–Crippen MR) is 107 cm³/mol. The average molecular weight is 399 g/mol. The Morgan fingerprint density at radius 2 is 1.96 bits per heavy atom. The molecule has 2 N–H and O–H groups in total. The van der Waals surface area contributed by atoms with Crippen LogP contribution in [0.1, 0.15) is 19.5 Å². The summed E-state index contributed by atoms with van der Waals surface area (Å²) in [5.74, 6) is -2.46. The number of nitrogens with one attached hydrogen (secondary N) is 1. The van der Waals surface area contributed by atoms with Crippen LogP contribution in [0.25, 0.3) is 0 Å². The monoisotopic (exact) mass is 398 g/mol. The van der Waals surface area contributed by atoms with Gasteiger partial charge in [-0.15, -0.1) is 0 Å². The maximum absolute atomic E-state index is 13.1. The molecule has 2 aromatic rings. The number of anilines is 1. The van der Waals surface area contributed by atoms with E-state index >= 15 is 0 Å². The molecule has 28 heavy (non-hydrogen) atoms. The molecule has 1 aromatic heterocycles. The van der Waals surface area contributed by atoms with E-state index in [4.69, 9.17) is 11.6 Å². The smallest absolute Gasteiger partial charge is 0.312 e. The molecule has 1 aliphatic rings. The van der Waals surface area contributed by atoms with Gasteiger partial charge in [0.1, 0.15) is 0 Å². The van der Waals surface area contributed by atoms with Crippen LogP contribution in [0, 0.1) is 5.92 Å². The lowest BCUT2D eigenvalue weighted by atomic mass is 9.97. The van der Waals surface area contributed by atoms with Crippen molar-refractivity contribution >= 4 is 34.9 Å². The number of carboxylic acids is 1. The first-order valence-electron chi connectivity index (χ1n) is 8.65. The lowest BCUT2D eigenvalue weighted by molar-refractivity contribution is -0.138. The Bertz CT molecular complexity index is 972. The molecule has 0 saturated heterocycles. The van der Waals surface area contributed by atoms with Crippen molar-refractivity contribution in [2.24, 2.45) is 11.0 Å². The second-order valence-electron chi connectivity index (χ2n) is 6.29. The maximum atomic E-state index is 13.1. The first-order valence-corrected chi connectivity index (χ1v) is 9.03. The summed E-state index contributed by atoms with van der Waals surface area (Å²) in [6.45, 7) is 3.61. The summed E-state index contributed by atoms with van der Waals surface area (Å²) >= 11 is 6.21. The van der Waals surface area contributed by atoms with Crippen molar-refractivity contribution < 1.29 is 14.7 Å². The van der Waals surface area contributed by atoms with Crippen molar-refractivity contribution in [1.29, 1.82) is 0 Å². The van der Waals surface area contributed by atoms with Gasteiger partial charge < -0.3 is 10.4 Å². The minimum absolute atomic E-state index is 0.184. The van der Waals surface area contributed by atoms with Crippen LogP contribution >= 0.6 is 11.6 Å². The Balaban J connectivity index is 1.98. The Morgan fingerprint density at radius 3 is 2.61 bits per heavy atom. The summed E-state index contributed by atoms with van der Waals surface area (Å²) in [4.78, 5) is 28.9. The van der Waals surface area contributed by atoms with Gasteiger partial charge in [-0.1, -0.05) is 29.8 Å². The standard InChI is InChI=1S/C20H19ClN4O3/c1-12(20(27)28)18-17(13(2)23-11-14-7-5-6-10-22-14)19(26)25(24-18)16-9-4-3-8-15(16)21/h3-10,12,23H,11H2,1-2H3,(H,27,28). The molecule has 0 spiro atoms. The lowest BCUT2D eigenvalue weighted by Gasteiger charge is -2.14. The van der Waals surface area contributed by atoms with Crippen molar-refractivity contribution in [3.63, 3.8) is 0 Å².